The first kappa shape index (κ1) is 12.3. The number of benzene rings is 1. The zero-order valence-electron chi connectivity index (χ0n) is 10.3. The van der Waals surface area contributed by atoms with E-state index in [9.17, 15) is 0 Å². The molecular weight excluding hydrogens is 260 g/mol. The van der Waals surface area contributed by atoms with Crippen LogP contribution in [0.3, 0.4) is 0 Å². The molecule has 2 aromatic rings. The van der Waals surface area contributed by atoms with Gasteiger partial charge < -0.3 is 15.2 Å². The zero-order chi connectivity index (χ0) is 13.2. The Kier molecular flexibility index (Phi) is 3.31. The van der Waals surface area contributed by atoms with Crippen molar-refractivity contribution in [1.82, 2.24) is 4.98 Å². The van der Waals surface area contributed by atoms with Crippen molar-refractivity contribution in [3.63, 3.8) is 0 Å². The summed E-state index contributed by atoms with van der Waals surface area (Å²) in [4.78, 5) is 4.66. The molecule has 1 saturated heterocycles. The maximum absolute atomic E-state index is 6.05. The number of hydrogen-bond acceptors (Lipinski definition) is 4. The summed E-state index contributed by atoms with van der Waals surface area (Å²) in [5.74, 6) is 0.716. The maximum atomic E-state index is 6.05. The fourth-order valence-corrected chi connectivity index (χ4v) is 2.34. The van der Waals surface area contributed by atoms with E-state index >= 15 is 0 Å². The van der Waals surface area contributed by atoms with E-state index in [4.69, 9.17) is 27.4 Å². The molecule has 1 fully saturated rings. The Labute approximate surface area is 116 Å². The van der Waals surface area contributed by atoms with Crippen molar-refractivity contribution in [2.75, 3.05) is 13.2 Å². The van der Waals surface area contributed by atoms with E-state index in [0.29, 0.717) is 22.9 Å². The van der Waals surface area contributed by atoms with Gasteiger partial charge in [-0.05, 0) is 12.1 Å². The fourth-order valence-electron chi connectivity index (χ4n) is 2.19. The lowest BCUT2D eigenvalue weighted by atomic mass is 10.1. The van der Waals surface area contributed by atoms with Crippen molar-refractivity contribution in [3.8, 4) is 5.75 Å². The topological polar surface area (TPSA) is 57.4 Å². The molecule has 19 heavy (non-hydrogen) atoms. The predicted octanol–water partition coefficient (Wildman–Crippen LogP) is 2.04. The normalized spacial score (nSPS) is 18.6. The molecule has 0 radical (unpaired) electrons. The average molecular weight is 274 g/mol. The number of fused-ring (bicyclic) bond motifs is 1. The van der Waals surface area contributed by atoms with Crippen LogP contribution in [-0.4, -0.2) is 29.3 Å². The van der Waals surface area contributed by atoms with Gasteiger partial charge >= 0.3 is 0 Å². The van der Waals surface area contributed by atoms with Crippen LogP contribution in [0.15, 0.2) is 30.5 Å². The molecule has 1 aliphatic rings. The maximum Gasteiger partial charge on any atom is 0.140 e. The number of aromatic nitrogens is 1. The van der Waals surface area contributed by atoms with Crippen molar-refractivity contribution in [3.05, 3.63) is 36.0 Å². The van der Waals surface area contributed by atoms with Gasteiger partial charge in [-0.2, -0.15) is 0 Å². The van der Waals surface area contributed by atoms with Crippen LogP contribution in [0.5, 0.6) is 5.75 Å². The van der Waals surface area contributed by atoms with Crippen molar-refractivity contribution in [2.45, 2.75) is 12.5 Å². The average Bonchev–Trinajstić information content (AvgIpc) is 2.92. The Balaban J connectivity index is 2.10. The van der Waals surface area contributed by atoms with Crippen molar-refractivity contribution in [2.24, 2.45) is 5.73 Å². The molecule has 0 spiro atoms. The quantitative estimate of drug-likeness (QED) is 0.868. The van der Waals surface area contributed by atoms with E-state index in [1.165, 1.54) is 0 Å². The SMILES string of the molecule is NC(=S)c1cnc2ccccc2c1OC1CCOC1. The molecule has 1 atom stereocenters. The van der Waals surface area contributed by atoms with Crippen molar-refractivity contribution < 1.29 is 9.47 Å². The van der Waals surface area contributed by atoms with Gasteiger partial charge in [-0.1, -0.05) is 24.4 Å². The molecule has 0 saturated carbocycles. The summed E-state index contributed by atoms with van der Waals surface area (Å²) >= 11 is 5.08. The lowest BCUT2D eigenvalue weighted by Gasteiger charge is -2.17. The second-order valence-electron chi connectivity index (χ2n) is 4.49. The third kappa shape index (κ3) is 2.39. The Hall–Kier alpha value is -1.72. The number of thiocarbonyl (C=S) groups is 1. The minimum Gasteiger partial charge on any atom is -0.486 e. The fraction of sp³-hybridized carbons (Fsp3) is 0.286. The summed E-state index contributed by atoms with van der Waals surface area (Å²) in [7, 11) is 0. The number of hydrogen-bond donors (Lipinski definition) is 1. The number of ether oxygens (including phenoxy) is 2. The Bertz CT molecular complexity index is 624. The first-order valence-electron chi connectivity index (χ1n) is 6.17. The van der Waals surface area contributed by atoms with E-state index in [1.54, 1.807) is 6.20 Å². The van der Waals surface area contributed by atoms with Gasteiger partial charge in [0.25, 0.3) is 0 Å². The van der Waals surface area contributed by atoms with Gasteiger partial charge in [0.1, 0.15) is 16.8 Å². The number of pyridine rings is 1. The first-order chi connectivity index (χ1) is 9.25. The lowest BCUT2D eigenvalue weighted by Crippen LogP contribution is -2.19. The highest BCUT2D eigenvalue weighted by atomic mass is 32.1. The molecule has 1 aliphatic heterocycles. The molecule has 1 aromatic carbocycles. The highest BCUT2D eigenvalue weighted by Gasteiger charge is 2.21. The second-order valence-corrected chi connectivity index (χ2v) is 4.93. The van der Waals surface area contributed by atoms with Gasteiger partial charge in [0.2, 0.25) is 0 Å². The number of nitrogens with two attached hydrogens (primary N) is 1. The van der Waals surface area contributed by atoms with Crippen LogP contribution in [0.1, 0.15) is 12.0 Å². The summed E-state index contributed by atoms with van der Waals surface area (Å²) in [5, 5.41) is 0.930. The zero-order valence-corrected chi connectivity index (χ0v) is 11.2. The number of rotatable bonds is 3. The molecule has 2 N–H and O–H groups in total. The van der Waals surface area contributed by atoms with Gasteiger partial charge in [0.05, 0.1) is 24.3 Å². The van der Waals surface area contributed by atoms with Gasteiger partial charge in [-0.3, -0.25) is 4.98 Å². The largest absolute Gasteiger partial charge is 0.486 e. The molecule has 1 unspecified atom stereocenters. The van der Waals surface area contributed by atoms with E-state index < -0.39 is 0 Å². The third-order valence-electron chi connectivity index (χ3n) is 3.16. The van der Waals surface area contributed by atoms with E-state index in [0.717, 1.165) is 23.9 Å². The van der Waals surface area contributed by atoms with Crippen LogP contribution >= 0.6 is 12.2 Å². The summed E-state index contributed by atoms with van der Waals surface area (Å²) in [6.45, 7) is 1.34. The monoisotopic (exact) mass is 274 g/mol. The lowest BCUT2D eigenvalue weighted by molar-refractivity contribution is 0.142. The minimum atomic E-state index is 0.0545. The molecule has 4 nitrogen and oxygen atoms in total. The summed E-state index contributed by atoms with van der Waals surface area (Å²) in [5.41, 5.74) is 7.31. The van der Waals surface area contributed by atoms with Crippen molar-refractivity contribution >= 4 is 28.1 Å². The molecule has 2 heterocycles. The Morgan fingerprint density at radius 3 is 3.00 bits per heavy atom. The smallest absolute Gasteiger partial charge is 0.140 e. The Morgan fingerprint density at radius 1 is 1.42 bits per heavy atom. The van der Waals surface area contributed by atoms with Crippen LogP contribution in [0, 0.1) is 0 Å². The molecule has 0 bridgehead atoms. The molecule has 3 rings (SSSR count). The van der Waals surface area contributed by atoms with Crippen molar-refractivity contribution in [1.29, 1.82) is 0 Å². The molecule has 0 aliphatic carbocycles. The van der Waals surface area contributed by atoms with Gasteiger partial charge in [0, 0.05) is 18.0 Å². The van der Waals surface area contributed by atoms with Gasteiger partial charge in [0.15, 0.2) is 0 Å². The number of para-hydroxylation sites is 1. The van der Waals surface area contributed by atoms with Crippen LogP contribution in [0.4, 0.5) is 0 Å². The standard InChI is InChI=1S/C14H14N2O2S/c15-14(19)11-7-16-12-4-2-1-3-10(12)13(11)18-9-5-6-17-8-9/h1-4,7,9H,5-6,8H2,(H2,15,19). The van der Waals surface area contributed by atoms with Crippen LogP contribution < -0.4 is 10.5 Å². The van der Waals surface area contributed by atoms with E-state index in [-0.39, 0.29) is 6.10 Å². The predicted molar refractivity (Wildman–Crippen MR) is 77.5 cm³/mol. The molecular formula is C14H14N2O2S. The molecule has 98 valence electrons. The number of nitrogens with zero attached hydrogens (tertiary/aromatic N) is 1. The Morgan fingerprint density at radius 2 is 2.26 bits per heavy atom. The summed E-state index contributed by atoms with van der Waals surface area (Å²) in [6, 6.07) is 7.80. The van der Waals surface area contributed by atoms with Gasteiger partial charge in [-0.15, -0.1) is 0 Å². The highest BCUT2D eigenvalue weighted by Crippen LogP contribution is 2.30. The molecule has 0 amide bonds. The highest BCUT2D eigenvalue weighted by molar-refractivity contribution is 7.80. The summed E-state index contributed by atoms with van der Waals surface area (Å²) < 4.78 is 11.4. The van der Waals surface area contributed by atoms with Crippen LogP contribution in [0.25, 0.3) is 10.9 Å². The van der Waals surface area contributed by atoms with Gasteiger partial charge in [-0.25, -0.2) is 0 Å². The minimum absolute atomic E-state index is 0.0545. The molecule has 1 aromatic heterocycles. The van der Waals surface area contributed by atoms with E-state index in [2.05, 4.69) is 4.98 Å². The van der Waals surface area contributed by atoms with E-state index in [1.807, 2.05) is 24.3 Å². The summed E-state index contributed by atoms with van der Waals surface area (Å²) in [6.07, 6.45) is 2.61. The van der Waals surface area contributed by atoms with Crippen LogP contribution in [-0.2, 0) is 4.74 Å². The molecule has 5 heteroatoms. The third-order valence-corrected chi connectivity index (χ3v) is 3.38. The first-order valence-corrected chi connectivity index (χ1v) is 6.58. The van der Waals surface area contributed by atoms with Crippen LogP contribution in [0.2, 0.25) is 0 Å². The second kappa shape index (κ2) is 5.11.